The van der Waals surface area contributed by atoms with Crippen molar-refractivity contribution < 1.29 is 9.13 Å². The van der Waals surface area contributed by atoms with Crippen molar-refractivity contribution in [3.8, 4) is 5.75 Å². The highest BCUT2D eigenvalue weighted by atomic mass is 19.1. The van der Waals surface area contributed by atoms with E-state index in [1.165, 1.54) is 11.6 Å². The number of anilines is 1. The van der Waals surface area contributed by atoms with Gasteiger partial charge in [0.15, 0.2) is 5.82 Å². The standard InChI is InChI=1S/C27H29FN6O/c1-20-7-11-22(12-8-20)26(33-17-15-32(16-18-33)25-6-4-3-5-24(25)28)27-29-30-31-34(27)19-21-9-13-23(35-2)14-10-21/h3-14,26H,15-19H2,1-2H3. The van der Waals surface area contributed by atoms with E-state index in [1.54, 1.807) is 13.2 Å². The molecular formula is C27H29FN6O. The predicted molar refractivity (Wildman–Crippen MR) is 133 cm³/mol. The summed E-state index contributed by atoms with van der Waals surface area (Å²) >= 11 is 0. The van der Waals surface area contributed by atoms with E-state index < -0.39 is 0 Å². The molecule has 1 aliphatic rings. The Morgan fingerprint density at radius 3 is 2.31 bits per heavy atom. The fourth-order valence-corrected chi connectivity index (χ4v) is 4.63. The third-order valence-corrected chi connectivity index (χ3v) is 6.56. The van der Waals surface area contributed by atoms with Crippen molar-refractivity contribution in [1.29, 1.82) is 0 Å². The van der Waals surface area contributed by atoms with Crippen LogP contribution in [0.3, 0.4) is 0 Å². The first-order chi connectivity index (χ1) is 17.1. The predicted octanol–water partition coefficient (Wildman–Crippen LogP) is 4.09. The molecule has 3 aromatic carbocycles. The molecule has 8 heteroatoms. The molecule has 0 N–H and O–H groups in total. The summed E-state index contributed by atoms with van der Waals surface area (Å²) in [6.07, 6.45) is 0. The lowest BCUT2D eigenvalue weighted by molar-refractivity contribution is 0.201. The lowest BCUT2D eigenvalue weighted by Gasteiger charge is -2.40. The Bertz CT molecular complexity index is 1250. The molecule has 180 valence electrons. The SMILES string of the molecule is COc1ccc(Cn2nnnc2C(c2ccc(C)cc2)N2CCN(c3ccccc3F)CC2)cc1. The Kier molecular flexibility index (Phi) is 6.72. The van der Waals surface area contributed by atoms with Gasteiger partial charge in [0.2, 0.25) is 0 Å². The van der Waals surface area contributed by atoms with E-state index in [1.807, 2.05) is 41.1 Å². The van der Waals surface area contributed by atoms with Crippen molar-refractivity contribution in [3.63, 3.8) is 0 Å². The largest absolute Gasteiger partial charge is 0.497 e. The van der Waals surface area contributed by atoms with Crippen molar-refractivity contribution in [1.82, 2.24) is 25.1 Å². The number of benzene rings is 3. The number of ether oxygens (including phenoxy) is 1. The molecular weight excluding hydrogens is 443 g/mol. The molecule has 2 heterocycles. The van der Waals surface area contributed by atoms with Crippen molar-refractivity contribution in [2.24, 2.45) is 0 Å². The number of hydrogen-bond acceptors (Lipinski definition) is 6. The van der Waals surface area contributed by atoms with Crippen LogP contribution in [0.15, 0.2) is 72.8 Å². The van der Waals surface area contributed by atoms with Crippen LogP contribution in [-0.2, 0) is 6.54 Å². The maximum absolute atomic E-state index is 14.4. The molecule has 1 atom stereocenters. The summed E-state index contributed by atoms with van der Waals surface area (Å²) in [5.74, 6) is 1.43. The van der Waals surface area contributed by atoms with E-state index in [2.05, 4.69) is 56.5 Å². The van der Waals surface area contributed by atoms with E-state index in [-0.39, 0.29) is 11.9 Å². The number of hydrogen-bond donors (Lipinski definition) is 0. The van der Waals surface area contributed by atoms with Crippen LogP contribution < -0.4 is 9.64 Å². The smallest absolute Gasteiger partial charge is 0.173 e. The molecule has 5 rings (SSSR count). The minimum atomic E-state index is -0.181. The maximum atomic E-state index is 14.4. The van der Waals surface area contributed by atoms with E-state index in [4.69, 9.17) is 4.74 Å². The summed E-state index contributed by atoms with van der Waals surface area (Å²) in [6.45, 7) is 5.63. The molecule has 0 aliphatic carbocycles. The first kappa shape index (κ1) is 23.0. The lowest BCUT2D eigenvalue weighted by atomic mass is 10.0. The van der Waals surface area contributed by atoms with Gasteiger partial charge in [-0.3, -0.25) is 4.90 Å². The van der Waals surface area contributed by atoms with E-state index in [0.717, 1.165) is 48.9 Å². The zero-order valence-electron chi connectivity index (χ0n) is 20.0. The minimum absolute atomic E-state index is 0.105. The van der Waals surface area contributed by atoms with E-state index in [9.17, 15) is 4.39 Å². The topological polar surface area (TPSA) is 59.3 Å². The maximum Gasteiger partial charge on any atom is 0.173 e. The number of tetrazole rings is 1. The van der Waals surface area contributed by atoms with Crippen LogP contribution in [0.25, 0.3) is 0 Å². The average molecular weight is 473 g/mol. The molecule has 1 unspecified atom stereocenters. The van der Waals surface area contributed by atoms with E-state index >= 15 is 0 Å². The normalized spacial score (nSPS) is 15.2. The second kappa shape index (κ2) is 10.2. The van der Waals surface area contributed by atoms with Crippen molar-refractivity contribution in [2.45, 2.75) is 19.5 Å². The second-order valence-corrected chi connectivity index (χ2v) is 8.83. The van der Waals surface area contributed by atoms with Crippen LogP contribution in [0.1, 0.15) is 28.6 Å². The summed E-state index contributed by atoms with van der Waals surface area (Å²) in [4.78, 5) is 4.50. The van der Waals surface area contributed by atoms with Crippen LogP contribution in [0, 0.1) is 12.7 Å². The summed E-state index contributed by atoms with van der Waals surface area (Å²) in [5, 5.41) is 12.8. The number of rotatable bonds is 7. The highest BCUT2D eigenvalue weighted by Gasteiger charge is 2.31. The van der Waals surface area contributed by atoms with Gasteiger partial charge in [-0.2, -0.15) is 0 Å². The fraction of sp³-hybridized carbons (Fsp3) is 0.296. The highest BCUT2D eigenvalue weighted by molar-refractivity contribution is 5.48. The Labute approximate surface area is 204 Å². The number of piperazine rings is 1. The number of halogens is 1. The average Bonchev–Trinajstić information content (AvgIpc) is 3.34. The molecule has 1 aliphatic heterocycles. The summed E-state index contributed by atoms with van der Waals surface area (Å²) < 4.78 is 21.5. The molecule has 0 spiro atoms. The van der Waals surface area contributed by atoms with Crippen molar-refractivity contribution in [3.05, 3.63) is 101 Å². The fourth-order valence-electron chi connectivity index (χ4n) is 4.63. The van der Waals surface area contributed by atoms with Crippen LogP contribution in [0.2, 0.25) is 0 Å². The molecule has 7 nitrogen and oxygen atoms in total. The zero-order valence-corrected chi connectivity index (χ0v) is 20.0. The Morgan fingerprint density at radius 1 is 0.914 bits per heavy atom. The molecule has 4 aromatic rings. The van der Waals surface area contributed by atoms with Gasteiger partial charge < -0.3 is 9.64 Å². The van der Waals surface area contributed by atoms with Gasteiger partial charge in [-0.25, -0.2) is 9.07 Å². The Balaban J connectivity index is 1.42. The van der Waals surface area contributed by atoms with Gasteiger partial charge in [0.25, 0.3) is 0 Å². The molecule has 0 radical (unpaired) electrons. The van der Waals surface area contributed by atoms with Gasteiger partial charge >= 0.3 is 0 Å². The van der Waals surface area contributed by atoms with Gasteiger partial charge in [-0.05, 0) is 52.7 Å². The van der Waals surface area contributed by atoms with E-state index in [0.29, 0.717) is 12.2 Å². The second-order valence-electron chi connectivity index (χ2n) is 8.83. The van der Waals surface area contributed by atoms with Gasteiger partial charge in [0.05, 0.1) is 25.4 Å². The Hall–Kier alpha value is -3.78. The molecule has 0 bridgehead atoms. The minimum Gasteiger partial charge on any atom is -0.497 e. The Morgan fingerprint density at radius 2 is 1.63 bits per heavy atom. The summed E-state index contributed by atoms with van der Waals surface area (Å²) in [7, 11) is 1.66. The molecule has 1 saturated heterocycles. The number of aromatic nitrogens is 4. The number of nitrogens with zero attached hydrogens (tertiary/aromatic N) is 6. The lowest BCUT2D eigenvalue weighted by Crippen LogP contribution is -2.48. The van der Waals surface area contributed by atoms with Gasteiger partial charge in [0.1, 0.15) is 11.6 Å². The third-order valence-electron chi connectivity index (χ3n) is 6.56. The van der Waals surface area contributed by atoms with Crippen LogP contribution in [-0.4, -0.2) is 58.4 Å². The first-order valence-electron chi connectivity index (χ1n) is 11.8. The quantitative estimate of drug-likeness (QED) is 0.404. The molecule has 0 amide bonds. The van der Waals surface area contributed by atoms with Crippen LogP contribution >= 0.6 is 0 Å². The molecule has 0 saturated carbocycles. The number of methoxy groups -OCH3 is 1. The van der Waals surface area contributed by atoms with Gasteiger partial charge in [-0.15, -0.1) is 5.10 Å². The third kappa shape index (κ3) is 5.02. The molecule has 1 fully saturated rings. The monoisotopic (exact) mass is 472 g/mol. The number of aryl methyl sites for hydroxylation is 1. The highest BCUT2D eigenvalue weighted by Crippen LogP contribution is 2.30. The first-order valence-corrected chi connectivity index (χ1v) is 11.8. The zero-order chi connectivity index (χ0) is 24.2. The molecule has 35 heavy (non-hydrogen) atoms. The number of para-hydroxylation sites is 1. The summed E-state index contributed by atoms with van der Waals surface area (Å²) in [5.41, 5.74) is 4.09. The van der Waals surface area contributed by atoms with Crippen molar-refractivity contribution in [2.75, 3.05) is 38.2 Å². The molecule has 1 aromatic heterocycles. The van der Waals surface area contributed by atoms with Crippen LogP contribution in [0.5, 0.6) is 5.75 Å². The summed E-state index contributed by atoms with van der Waals surface area (Å²) in [6, 6.07) is 23.3. The van der Waals surface area contributed by atoms with Crippen molar-refractivity contribution >= 4 is 5.69 Å². The van der Waals surface area contributed by atoms with Crippen LogP contribution in [0.4, 0.5) is 10.1 Å². The van der Waals surface area contributed by atoms with Gasteiger partial charge in [-0.1, -0.05) is 54.1 Å². The van der Waals surface area contributed by atoms with Gasteiger partial charge in [0, 0.05) is 26.2 Å².